The number of carbonyl (C=O) groups is 1. The normalized spacial score (nSPS) is 18.2. The van der Waals surface area contributed by atoms with Crippen LogP contribution in [0.25, 0.3) is 0 Å². The molecule has 94 valence electrons. The average molecular weight is 226 g/mol. The maximum atomic E-state index is 11.5. The maximum Gasteiger partial charge on any atom is 0.234 e. The van der Waals surface area contributed by atoms with Crippen LogP contribution in [0.5, 0.6) is 0 Å². The number of nitrogens with one attached hydrogen (secondary N) is 2. The Kier molecular flexibility index (Phi) is 4.36. The zero-order valence-corrected chi connectivity index (χ0v) is 11.2. The number of carbonyl (C=O) groups excluding carboxylic acids is 1. The molecule has 0 radical (unpaired) electrons. The first-order chi connectivity index (χ1) is 7.37. The SMILES string of the molecule is CCCC1(CNCC(=O)NC(C)(C)C)CC1. The fourth-order valence-corrected chi connectivity index (χ4v) is 2.13. The molecule has 1 fully saturated rings. The molecular weight excluding hydrogens is 200 g/mol. The molecule has 16 heavy (non-hydrogen) atoms. The molecule has 3 nitrogen and oxygen atoms in total. The van der Waals surface area contributed by atoms with Crippen molar-refractivity contribution >= 4 is 5.91 Å². The van der Waals surface area contributed by atoms with Crippen LogP contribution in [0, 0.1) is 5.41 Å². The second kappa shape index (κ2) is 5.17. The predicted molar refractivity (Wildman–Crippen MR) is 67.3 cm³/mol. The Balaban J connectivity index is 2.14. The van der Waals surface area contributed by atoms with E-state index < -0.39 is 0 Å². The quantitative estimate of drug-likeness (QED) is 0.728. The number of hydrogen-bond acceptors (Lipinski definition) is 2. The van der Waals surface area contributed by atoms with Crippen molar-refractivity contribution in [2.45, 2.75) is 58.9 Å². The average Bonchev–Trinajstić information content (AvgIpc) is 2.82. The van der Waals surface area contributed by atoms with Crippen LogP contribution in [0.1, 0.15) is 53.4 Å². The predicted octanol–water partition coefficient (Wildman–Crippen LogP) is 2.07. The van der Waals surface area contributed by atoms with Crippen molar-refractivity contribution < 1.29 is 4.79 Å². The van der Waals surface area contributed by atoms with Gasteiger partial charge in [-0.25, -0.2) is 0 Å². The summed E-state index contributed by atoms with van der Waals surface area (Å²) in [6.45, 7) is 9.69. The highest BCUT2D eigenvalue weighted by molar-refractivity contribution is 5.78. The van der Waals surface area contributed by atoms with E-state index in [9.17, 15) is 4.79 Å². The lowest BCUT2D eigenvalue weighted by Crippen LogP contribution is -2.45. The summed E-state index contributed by atoms with van der Waals surface area (Å²) >= 11 is 0. The van der Waals surface area contributed by atoms with E-state index in [0.717, 1.165) is 6.54 Å². The molecule has 0 saturated heterocycles. The Morgan fingerprint density at radius 2 is 1.94 bits per heavy atom. The third-order valence-corrected chi connectivity index (χ3v) is 3.04. The summed E-state index contributed by atoms with van der Waals surface area (Å²) in [5.74, 6) is 0.0970. The minimum atomic E-state index is -0.126. The van der Waals surface area contributed by atoms with Gasteiger partial charge in [-0.2, -0.15) is 0 Å². The van der Waals surface area contributed by atoms with E-state index in [4.69, 9.17) is 0 Å². The summed E-state index contributed by atoms with van der Waals surface area (Å²) in [7, 11) is 0. The molecule has 1 amide bonds. The molecule has 0 heterocycles. The second-order valence-corrected chi connectivity index (χ2v) is 6.15. The van der Waals surface area contributed by atoms with E-state index >= 15 is 0 Å². The smallest absolute Gasteiger partial charge is 0.234 e. The van der Waals surface area contributed by atoms with Crippen molar-refractivity contribution in [1.29, 1.82) is 0 Å². The minimum Gasteiger partial charge on any atom is -0.350 e. The molecule has 1 saturated carbocycles. The molecule has 2 N–H and O–H groups in total. The van der Waals surface area contributed by atoms with Crippen LogP contribution >= 0.6 is 0 Å². The molecule has 3 heteroatoms. The van der Waals surface area contributed by atoms with E-state index in [1.807, 2.05) is 20.8 Å². The van der Waals surface area contributed by atoms with E-state index in [-0.39, 0.29) is 11.4 Å². The van der Waals surface area contributed by atoms with Gasteiger partial charge in [0, 0.05) is 12.1 Å². The Bertz CT molecular complexity index is 239. The van der Waals surface area contributed by atoms with Crippen LogP contribution in [0.4, 0.5) is 0 Å². The standard InChI is InChI=1S/C13H26N2O/c1-5-6-13(7-8-13)10-14-9-11(16)15-12(2,3)4/h14H,5-10H2,1-4H3,(H,15,16). The third-order valence-electron chi connectivity index (χ3n) is 3.04. The van der Waals surface area contributed by atoms with Crippen LogP contribution in [0.15, 0.2) is 0 Å². The lowest BCUT2D eigenvalue weighted by molar-refractivity contribution is -0.121. The molecule has 1 aliphatic rings. The molecule has 0 aromatic rings. The van der Waals surface area contributed by atoms with Crippen LogP contribution in [0.2, 0.25) is 0 Å². The number of amides is 1. The molecule has 0 aromatic carbocycles. The van der Waals surface area contributed by atoms with Gasteiger partial charge < -0.3 is 10.6 Å². The zero-order valence-electron chi connectivity index (χ0n) is 11.2. The highest BCUT2D eigenvalue weighted by atomic mass is 16.2. The molecule has 1 rings (SSSR count). The van der Waals surface area contributed by atoms with Crippen molar-refractivity contribution in [3.8, 4) is 0 Å². The Morgan fingerprint density at radius 1 is 1.31 bits per heavy atom. The lowest BCUT2D eigenvalue weighted by Gasteiger charge is -2.21. The van der Waals surface area contributed by atoms with Gasteiger partial charge in [0.25, 0.3) is 0 Å². The first-order valence-electron chi connectivity index (χ1n) is 6.39. The van der Waals surface area contributed by atoms with E-state index in [2.05, 4.69) is 17.6 Å². The molecule has 0 unspecified atom stereocenters. The van der Waals surface area contributed by atoms with Crippen molar-refractivity contribution in [3.63, 3.8) is 0 Å². The van der Waals surface area contributed by atoms with Gasteiger partial charge in [0.1, 0.15) is 0 Å². The Labute approximate surface area is 99.4 Å². The van der Waals surface area contributed by atoms with E-state index in [1.165, 1.54) is 25.7 Å². The first kappa shape index (κ1) is 13.5. The third kappa shape index (κ3) is 4.97. The monoisotopic (exact) mass is 226 g/mol. The number of hydrogen-bond donors (Lipinski definition) is 2. The highest BCUT2D eigenvalue weighted by Crippen LogP contribution is 2.48. The van der Waals surface area contributed by atoms with Crippen LogP contribution in [-0.2, 0) is 4.79 Å². The van der Waals surface area contributed by atoms with Gasteiger partial charge in [-0.3, -0.25) is 4.79 Å². The summed E-state index contributed by atoms with van der Waals surface area (Å²) < 4.78 is 0. The topological polar surface area (TPSA) is 41.1 Å². The van der Waals surface area contributed by atoms with E-state index in [1.54, 1.807) is 0 Å². The van der Waals surface area contributed by atoms with Gasteiger partial charge >= 0.3 is 0 Å². The van der Waals surface area contributed by atoms with Crippen LogP contribution in [0.3, 0.4) is 0 Å². The first-order valence-corrected chi connectivity index (χ1v) is 6.39. The van der Waals surface area contributed by atoms with Crippen molar-refractivity contribution in [1.82, 2.24) is 10.6 Å². The van der Waals surface area contributed by atoms with Crippen molar-refractivity contribution in [2.75, 3.05) is 13.1 Å². The fourth-order valence-electron chi connectivity index (χ4n) is 2.13. The Hall–Kier alpha value is -0.570. The molecule has 0 aromatic heterocycles. The highest BCUT2D eigenvalue weighted by Gasteiger charge is 2.40. The molecule has 0 bridgehead atoms. The second-order valence-electron chi connectivity index (χ2n) is 6.15. The Morgan fingerprint density at radius 3 is 2.38 bits per heavy atom. The van der Waals surface area contributed by atoms with E-state index in [0.29, 0.717) is 12.0 Å². The maximum absolute atomic E-state index is 11.5. The summed E-state index contributed by atoms with van der Waals surface area (Å²) in [6, 6.07) is 0. The largest absolute Gasteiger partial charge is 0.350 e. The van der Waals surface area contributed by atoms with Crippen molar-refractivity contribution in [3.05, 3.63) is 0 Å². The van der Waals surface area contributed by atoms with Crippen molar-refractivity contribution in [2.24, 2.45) is 5.41 Å². The summed E-state index contributed by atoms with van der Waals surface area (Å²) in [5.41, 5.74) is 0.399. The van der Waals surface area contributed by atoms with Gasteiger partial charge in [0.2, 0.25) is 5.91 Å². The molecule has 0 atom stereocenters. The number of rotatable bonds is 6. The fraction of sp³-hybridized carbons (Fsp3) is 0.923. The summed E-state index contributed by atoms with van der Waals surface area (Å²) in [4.78, 5) is 11.5. The minimum absolute atomic E-state index is 0.0970. The summed E-state index contributed by atoms with van der Waals surface area (Å²) in [5, 5.41) is 6.24. The van der Waals surface area contributed by atoms with Crippen LogP contribution in [-0.4, -0.2) is 24.5 Å². The van der Waals surface area contributed by atoms with Gasteiger partial charge in [0.05, 0.1) is 6.54 Å². The molecule has 0 spiro atoms. The van der Waals surface area contributed by atoms with Gasteiger partial charge in [-0.05, 0) is 45.4 Å². The zero-order chi connectivity index (χ0) is 12.2. The van der Waals surface area contributed by atoms with Crippen LogP contribution < -0.4 is 10.6 Å². The van der Waals surface area contributed by atoms with Gasteiger partial charge in [0.15, 0.2) is 0 Å². The lowest BCUT2D eigenvalue weighted by atomic mass is 10.0. The van der Waals surface area contributed by atoms with Gasteiger partial charge in [-0.1, -0.05) is 13.3 Å². The molecular formula is C13H26N2O. The van der Waals surface area contributed by atoms with Gasteiger partial charge in [-0.15, -0.1) is 0 Å². The molecule has 1 aliphatic carbocycles. The summed E-state index contributed by atoms with van der Waals surface area (Å²) in [6.07, 6.45) is 5.19. The molecule has 0 aliphatic heterocycles.